The lowest BCUT2D eigenvalue weighted by atomic mass is 10.1. The van der Waals surface area contributed by atoms with E-state index in [1.54, 1.807) is 0 Å². The summed E-state index contributed by atoms with van der Waals surface area (Å²) >= 11 is 0. The van der Waals surface area contributed by atoms with E-state index >= 15 is 0 Å². The van der Waals surface area contributed by atoms with Crippen LogP contribution in [0.15, 0.2) is 73.1 Å². The van der Waals surface area contributed by atoms with Gasteiger partial charge in [-0.25, -0.2) is 4.98 Å². The van der Waals surface area contributed by atoms with Gasteiger partial charge >= 0.3 is 0 Å². The number of aliphatic hydroxyl groups excluding tert-OH is 1. The Morgan fingerprint density at radius 2 is 1.66 bits per heavy atom. The number of aliphatic hydroxyl groups is 1. The van der Waals surface area contributed by atoms with Gasteiger partial charge in [0.25, 0.3) is 0 Å². The third-order valence-electron chi connectivity index (χ3n) is 5.32. The Balaban J connectivity index is 1.54. The molecule has 1 aliphatic rings. The zero-order valence-corrected chi connectivity index (χ0v) is 16.0. The van der Waals surface area contributed by atoms with E-state index in [-0.39, 0.29) is 6.10 Å². The topological polar surface area (TPSA) is 62.9 Å². The van der Waals surface area contributed by atoms with Crippen molar-refractivity contribution in [3.8, 4) is 22.6 Å². The first-order valence-electron chi connectivity index (χ1n) is 9.87. The zero-order valence-electron chi connectivity index (χ0n) is 16.0. The molecule has 1 N–H and O–H groups in total. The number of aromatic nitrogens is 3. The number of ether oxygens (including phenoxy) is 1. The molecule has 1 saturated heterocycles. The lowest BCUT2D eigenvalue weighted by Crippen LogP contribution is -2.36. The summed E-state index contributed by atoms with van der Waals surface area (Å²) in [5.41, 5.74) is 2.67. The molecule has 5 rings (SSSR count). The van der Waals surface area contributed by atoms with Gasteiger partial charge in [-0.1, -0.05) is 36.4 Å². The van der Waals surface area contributed by atoms with E-state index in [0.29, 0.717) is 0 Å². The van der Waals surface area contributed by atoms with Crippen molar-refractivity contribution in [1.82, 2.24) is 14.6 Å². The number of rotatable bonds is 4. The molecule has 1 aliphatic heterocycles. The average Bonchev–Trinajstić information content (AvgIpc) is 3.20. The van der Waals surface area contributed by atoms with Crippen LogP contribution in [0, 0.1) is 0 Å². The van der Waals surface area contributed by atoms with Crippen molar-refractivity contribution in [3.63, 3.8) is 0 Å². The number of anilines is 1. The molecule has 0 bridgehead atoms. The average molecular weight is 386 g/mol. The fourth-order valence-electron chi connectivity index (χ4n) is 3.80. The first-order valence-corrected chi connectivity index (χ1v) is 9.87. The molecule has 29 heavy (non-hydrogen) atoms. The van der Waals surface area contributed by atoms with Crippen molar-refractivity contribution in [1.29, 1.82) is 0 Å². The lowest BCUT2D eigenvalue weighted by molar-refractivity contribution is 0.145. The highest BCUT2D eigenvalue weighted by atomic mass is 16.5. The molecule has 6 heteroatoms. The van der Waals surface area contributed by atoms with E-state index in [2.05, 4.69) is 15.0 Å². The molecule has 0 aliphatic carbocycles. The lowest BCUT2D eigenvalue weighted by Gasteiger charge is -2.31. The van der Waals surface area contributed by atoms with Crippen molar-refractivity contribution >= 4 is 11.5 Å². The van der Waals surface area contributed by atoms with E-state index < -0.39 is 0 Å². The van der Waals surface area contributed by atoms with Crippen molar-refractivity contribution < 1.29 is 9.84 Å². The van der Waals surface area contributed by atoms with Crippen LogP contribution >= 0.6 is 0 Å². The highest BCUT2D eigenvalue weighted by molar-refractivity contribution is 5.82. The minimum atomic E-state index is -0.209. The van der Waals surface area contributed by atoms with E-state index in [9.17, 15) is 5.11 Å². The number of nitrogens with zero attached hydrogens (tertiary/aromatic N) is 4. The summed E-state index contributed by atoms with van der Waals surface area (Å²) in [6.07, 6.45) is 5.00. The van der Waals surface area contributed by atoms with Gasteiger partial charge in [0.2, 0.25) is 0 Å². The van der Waals surface area contributed by atoms with Crippen LogP contribution in [-0.2, 0) is 0 Å². The smallest absolute Gasteiger partial charge is 0.165 e. The van der Waals surface area contributed by atoms with Crippen molar-refractivity contribution in [2.75, 3.05) is 18.0 Å². The number of para-hydroxylation sites is 2. The van der Waals surface area contributed by atoms with Crippen LogP contribution < -0.4 is 9.64 Å². The van der Waals surface area contributed by atoms with E-state index in [0.717, 1.165) is 60.0 Å². The van der Waals surface area contributed by atoms with Gasteiger partial charge in [0, 0.05) is 24.8 Å². The normalized spacial score (nSPS) is 15.0. The molecule has 146 valence electrons. The largest absolute Gasteiger partial charge is 0.457 e. The molecule has 0 spiro atoms. The van der Waals surface area contributed by atoms with E-state index in [1.807, 2.05) is 77.6 Å². The first-order chi connectivity index (χ1) is 14.3. The Labute approximate surface area is 169 Å². The Bertz CT molecular complexity index is 1120. The third kappa shape index (κ3) is 3.43. The van der Waals surface area contributed by atoms with Crippen molar-refractivity contribution in [2.24, 2.45) is 0 Å². The number of benzene rings is 2. The Morgan fingerprint density at radius 1 is 0.897 bits per heavy atom. The SMILES string of the molecule is OC1CCN(c2ccnc3c(-c4ccccc4Oc4ccccc4)cnn23)CC1. The van der Waals surface area contributed by atoms with Crippen LogP contribution in [-0.4, -0.2) is 38.9 Å². The van der Waals surface area contributed by atoms with Crippen molar-refractivity contribution in [2.45, 2.75) is 18.9 Å². The highest BCUT2D eigenvalue weighted by Gasteiger charge is 2.21. The molecule has 1 fully saturated rings. The molecule has 6 nitrogen and oxygen atoms in total. The molecule has 0 radical (unpaired) electrons. The summed E-state index contributed by atoms with van der Waals surface area (Å²) in [5.74, 6) is 2.55. The van der Waals surface area contributed by atoms with Crippen molar-refractivity contribution in [3.05, 3.63) is 73.1 Å². The van der Waals surface area contributed by atoms with Gasteiger partial charge in [-0.2, -0.15) is 9.61 Å². The molecule has 2 aromatic carbocycles. The molecular formula is C23H22N4O2. The maximum atomic E-state index is 9.82. The van der Waals surface area contributed by atoms with Crippen LogP contribution in [0.5, 0.6) is 11.5 Å². The van der Waals surface area contributed by atoms with Gasteiger partial charge in [-0.05, 0) is 37.1 Å². The van der Waals surface area contributed by atoms with Crippen LogP contribution in [0.4, 0.5) is 5.82 Å². The molecule has 4 aromatic rings. The second-order valence-electron chi connectivity index (χ2n) is 7.23. The van der Waals surface area contributed by atoms with Gasteiger partial charge in [-0.3, -0.25) is 0 Å². The predicted molar refractivity (Wildman–Crippen MR) is 112 cm³/mol. The van der Waals surface area contributed by atoms with Gasteiger partial charge in [-0.15, -0.1) is 0 Å². The minimum absolute atomic E-state index is 0.209. The van der Waals surface area contributed by atoms with E-state index in [4.69, 9.17) is 4.74 Å². The zero-order chi connectivity index (χ0) is 19.6. The molecule has 0 atom stereocenters. The third-order valence-corrected chi connectivity index (χ3v) is 5.32. The fraction of sp³-hybridized carbons (Fsp3) is 0.217. The highest BCUT2D eigenvalue weighted by Crippen LogP contribution is 2.35. The monoisotopic (exact) mass is 386 g/mol. The van der Waals surface area contributed by atoms with Gasteiger partial charge in [0.1, 0.15) is 17.3 Å². The first kappa shape index (κ1) is 17.7. The molecule has 0 saturated carbocycles. The second-order valence-corrected chi connectivity index (χ2v) is 7.23. The standard InChI is InChI=1S/C23H22N4O2/c28-17-11-14-26(15-12-17)22-10-13-24-23-20(16-25-27(22)23)19-8-4-5-9-21(19)29-18-6-2-1-3-7-18/h1-10,13,16-17,28H,11-12,14-15H2. The summed E-state index contributed by atoms with van der Waals surface area (Å²) in [6.45, 7) is 1.62. The summed E-state index contributed by atoms with van der Waals surface area (Å²) in [4.78, 5) is 6.86. The fourth-order valence-corrected chi connectivity index (χ4v) is 3.80. The van der Waals surface area contributed by atoms with Gasteiger partial charge in [0.05, 0.1) is 17.9 Å². The Kier molecular flexibility index (Phi) is 4.62. The number of fused-ring (bicyclic) bond motifs is 1. The maximum Gasteiger partial charge on any atom is 0.165 e. The summed E-state index contributed by atoms with van der Waals surface area (Å²) in [6, 6.07) is 19.7. The Morgan fingerprint density at radius 3 is 2.48 bits per heavy atom. The number of hydrogen-bond donors (Lipinski definition) is 1. The van der Waals surface area contributed by atoms with Crippen LogP contribution in [0.1, 0.15) is 12.8 Å². The molecular weight excluding hydrogens is 364 g/mol. The summed E-state index contributed by atoms with van der Waals surface area (Å²) in [5, 5.41) is 14.4. The summed E-state index contributed by atoms with van der Waals surface area (Å²) in [7, 11) is 0. The van der Waals surface area contributed by atoms with E-state index in [1.165, 1.54) is 0 Å². The van der Waals surface area contributed by atoms with Crippen LogP contribution in [0.3, 0.4) is 0 Å². The van der Waals surface area contributed by atoms with Crippen LogP contribution in [0.2, 0.25) is 0 Å². The minimum Gasteiger partial charge on any atom is -0.457 e. The van der Waals surface area contributed by atoms with Crippen LogP contribution in [0.25, 0.3) is 16.8 Å². The predicted octanol–water partition coefficient (Wildman–Crippen LogP) is 4.15. The number of piperidine rings is 1. The molecule has 2 aromatic heterocycles. The quantitative estimate of drug-likeness (QED) is 0.571. The maximum absolute atomic E-state index is 9.82. The molecule has 0 unspecified atom stereocenters. The van der Waals surface area contributed by atoms with Gasteiger partial charge < -0.3 is 14.7 Å². The Hall–Kier alpha value is -3.38. The second kappa shape index (κ2) is 7.56. The molecule has 0 amide bonds. The van der Waals surface area contributed by atoms with Gasteiger partial charge in [0.15, 0.2) is 5.65 Å². The molecule has 3 heterocycles. The summed E-state index contributed by atoms with van der Waals surface area (Å²) < 4.78 is 8.02. The number of hydrogen-bond acceptors (Lipinski definition) is 5.